The van der Waals surface area contributed by atoms with Crippen LogP contribution in [0.5, 0.6) is 5.75 Å². The SMILES string of the molecule is CC(=O)N1CCOc2ccc(CCC(=O)N3CCN(CC(C)C)CC3)cc2C1. The fraction of sp³-hybridized carbons (Fsp3) is 0.636. The van der Waals surface area contributed by atoms with Crippen molar-refractivity contribution in [2.75, 3.05) is 45.9 Å². The summed E-state index contributed by atoms with van der Waals surface area (Å²) in [5.74, 6) is 1.81. The van der Waals surface area contributed by atoms with Crippen LogP contribution < -0.4 is 4.74 Å². The maximum Gasteiger partial charge on any atom is 0.222 e. The number of ether oxygens (including phenoxy) is 1. The topological polar surface area (TPSA) is 53.1 Å². The molecule has 6 nitrogen and oxygen atoms in total. The third kappa shape index (κ3) is 5.47. The molecule has 2 aliphatic heterocycles. The van der Waals surface area contributed by atoms with Gasteiger partial charge in [0.2, 0.25) is 11.8 Å². The summed E-state index contributed by atoms with van der Waals surface area (Å²) in [7, 11) is 0. The van der Waals surface area contributed by atoms with Crippen LogP contribution in [0.3, 0.4) is 0 Å². The zero-order chi connectivity index (χ0) is 20.1. The number of fused-ring (bicyclic) bond motifs is 1. The first-order chi connectivity index (χ1) is 13.4. The summed E-state index contributed by atoms with van der Waals surface area (Å²) in [5, 5.41) is 0. The van der Waals surface area contributed by atoms with Crippen molar-refractivity contribution in [3.63, 3.8) is 0 Å². The van der Waals surface area contributed by atoms with E-state index in [0.29, 0.717) is 32.0 Å². The zero-order valence-electron chi connectivity index (χ0n) is 17.4. The average molecular weight is 388 g/mol. The fourth-order valence-corrected chi connectivity index (χ4v) is 3.98. The molecule has 0 aromatic heterocycles. The highest BCUT2D eigenvalue weighted by molar-refractivity contribution is 5.76. The third-order valence-electron chi connectivity index (χ3n) is 5.53. The van der Waals surface area contributed by atoms with Gasteiger partial charge in [0, 0.05) is 58.2 Å². The molecule has 0 atom stereocenters. The van der Waals surface area contributed by atoms with E-state index in [9.17, 15) is 9.59 Å². The molecule has 28 heavy (non-hydrogen) atoms. The average Bonchev–Trinajstić information content (AvgIpc) is 2.88. The Bertz CT molecular complexity index is 696. The number of carbonyl (C=O) groups excluding carboxylic acids is 2. The van der Waals surface area contributed by atoms with Crippen LogP contribution in [0, 0.1) is 5.92 Å². The number of piperazine rings is 1. The lowest BCUT2D eigenvalue weighted by molar-refractivity contribution is -0.133. The molecule has 1 aromatic carbocycles. The molecule has 3 rings (SSSR count). The summed E-state index contributed by atoms with van der Waals surface area (Å²) in [6.45, 7) is 12.5. The Hall–Kier alpha value is -2.08. The van der Waals surface area contributed by atoms with Crippen LogP contribution in [-0.2, 0) is 22.6 Å². The van der Waals surface area contributed by atoms with Gasteiger partial charge >= 0.3 is 0 Å². The summed E-state index contributed by atoms with van der Waals surface area (Å²) in [5.41, 5.74) is 2.15. The lowest BCUT2D eigenvalue weighted by Gasteiger charge is -2.35. The van der Waals surface area contributed by atoms with Gasteiger partial charge in [-0.15, -0.1) is 0 Å². The van der Waals surface area contributed by atoms with Crippen molar-refractivity contribution in [2.45, 2.75) is 40.2 Å². The number of hydrogen-bond acceptors (Lipinski definition) is 4. The molecule has 1 fully saturated rings. The lowest BCUT2D eigenvalue weighted by atomic mass is 10.0. The Morgan fingerprint density at radius 1 is 1.07 bits per heavy atom. The predicted octanol–water partition coefficient (Wildman–Crippen LogP) is 2.16. The number of carbonyl (C=O) groups is 2. The Morgan fingerprint density at radius 2 is 1.82 bits per heavy atom. The predicted molar refractivity (Wildman–Crippen MR) is 109 cm³/mol. The number of amides is 2. The van der Waals surface area contributed by atoms with Gasteiger partial charge in [-0.2, -0.15) is 0 Å². The maximum atomic E-state index is 12.6. The first-order valence-electron chi connectivity index (χ1n) is 10.4. The molecule has 0 N–H and O–H groups in total. The van der Waals surface area contributed by atoms with E-state index in [2.05, 4.69) is 24.8 Å². The molecular formula is C22H33N3O3. The van der Waals surface area contributed by atoms with E-state index in [1.165, 1.54) is 0 Å². The molecule has 0 aliphatic carbocycles. The van der Waals surface area contributed by atoms with Crippen LogP contribution >= 0.6 is 0 Å². The van der Waals surface area contributed by atoms with Gasteiger partial charge in [-0.05, 0) is 24.0 Å². The van der Waals surface area contributed by atoms with Gasteiger partial charge in [-0.1, -0.05) is 26.0 Å². The molecule has 0 unspecified atom stereocenters. The number of benzene rings is 1. The summed E-state index contributed by atoms with van der Waals surface area (Å²) in [4.78, 5) is 30.6. The summed E-state index contributed by atoms with van der Waals surface area (Å²) in [6.07, 6.45) is 1.25. The molecular weight excluding hydrogens is 354 g/mol. The molecule has 1 aromatic rings. The molecule has 6 heteroatoms. The van der Waals surface area contributed by atoms with Crippen molar-refractivity contribution in [1.29, 1.82) is 0 Å². The number of nitrogens with zero attached hydrogens (tertiary/aromatic N) is 3. The highest BCUT2D eigenvalue weighted by atomic mass is 16.5. The molecule has 2 heterocycles. The van der Waals surface area contributed by atoms with E-state index >= 15 is 0 Å². The Kier molecular flexibility index (Phi) is 6.94. The monoisotopic (exact) mass is 387 g/mol. The van der Waals surface area contributed by atoms with Gasteiger partial charge in [0.05, 0.1) is 6.54 Å². The third-order valence-corrected chi connectivity index (χ3v) is 5.53. The van der Waals surface area contributed by atoms with E-state index < -0.39 is 0 Å². The number of rotatable bonds is 5. The normalized spacial score (nSPS) is 17.9. The minimum absolute atomic E-state index is 0.0636. The van der Waals surface area contributed by atoms with Gasteiger partial charge in [0.15, 0.2) is 0 Å². The number of hydrogen-bond donors (Lipinski definition) is 0. The van der Waals surface area contributed by atoms with E-state index in [0.717, 1.165) is 56.0 Å². The lowest BCUT2D eigenvalue weighted by Crippen LogP contribution is -2.49. The Balaban J connectivity index is 1.52. The van der Waals surface area contributed by atoms with Crippen molar-refractivity contribution < 1.29 is 14.3 Å². The summed E-state index contributed by atoms with van der Waals surface area (Å²) >= 11 is 0. The first kappa shape index (κ1) is 20.6. The molecule has 0 saturated carbocycles. The van der Waals surface area contributed by atoms with E-state index in [1.54, 1.807) is 11.8 Å². The van der Waals surface area contributed by atoms with E-state index in [-0.39, 0.29) is 11.8 Å². The minimum atomic E-state index is 0.0636. The molecule has 0 radical (unpaired) electrons. The molecule has 2 amide bonds. The second kappa shape index (κ2) is 9.41. The van der Waals surface area contributed by atoms with Crippen molar-refractivity contribution in [1.82, 2.24) is 14.7 Å². The highest BCUT2D eigenvalue weighted by Gasteiger charge is 2.22. The standard InChI is InChI=1S/C22H33N3O3/c1-17(2)15-23-8-10-24(11-9-23)22(27)7-5-19-4-6-21-20(14-19)16-25(18(3)26)12-13-28-21/h4,6,14,17H,5,7-13,15-16H2,1-3H3. The smallest absolute Gasteiger partial charge is 0.222 e. The van der Waals surface area contributed by atoms with Crippen molar-refractivity contribution >= 4 is 11.8 Å². The van der Waals surface area contributed by atoms with Crippen LogP contribution in [0.2, 0.25) is 0 Å². The van der Waals surface area contributed by atoms with Gasteiger partial charge in [0.25, 0.3) is 0 Å². The second-order valence-electron chi connectivity index (χ2n) is 8.31. The minimum Gasteiger partial charge on any atom is -0.491 e. The fourth-order valence-electron chi connectivity index (χ4n) is 3.98. The Labute approximate surface area is 168 Å². The van der Waals surface area contributed by atoms with Gasteiger partial charge in [-0.25, -0.2) is 0 Å². The van der Waals surface area contributed by atoms with Crippen LogP contribution in [-0.4, -0.2) is 72.4 Å². The quantitative estimate of drug-likeness (QED) is 0.777. The maximum absolute atomic E-state index is 12.6. The molecule has 0 spiro atoms. The Morgan fingerprint density at radius 3 is 2.50 bits per heavy atom. The van der Waals surface area contributed by atoms with E-state index in [4.69, 9.17) is 4.74 Å². The van der Waals surface area contributed by atoms with Crippen LogP contribution in [0.15, 0.2) is 18.2 Å². The second-order valence-corrected chi connectivity index (χ2v) is 8.31. The van der Waals surface area contributed by atoms with Crippen molar-refractivity contribution in [3.8, 4) is 5.75 Å². The summed E-state index contributed by atoms with van der Waals surface area (Å²) < 4.78 is 5.77. The number of aryl methyl sites for hydroxylation is 1. The summed E-state index contributed by atoms with van der Waals surface area (Å²) in [6, 6.07) is 6.10. The highest BCUT2D eigenvalue weighted by Crippen LogP contribution is 2.25. The van der Waals surface area contributed by atoms with Gasteiger partial charge in [0.1, 0.15) is 12.4 Å². The van der Waals surface area contributed by atoms with Crippen LogP contribution in [0.1, 0.15) is 38.3 Å². The molecule has 1 saturated heterocycles. The molecule has 0 bridgehead atoms. The largest absolute Gasteiger partial charge is 0.491 e. The van der Waals surface area contributed by atoms with E-state index in [1.807, 2.05) is 17.0 Å². The first-order valence-corrected chi connectivity index (χ1v) is 10.4. The van der Waals surface area contributed by atoms with Crippen LogP contribution in [0.25, 0.3) is 0 Å². The van der Waals surface area contributed by atoms with Gasteiger partial charge < -0.3 is 14.5 Å². The van der Waals surface area contributed by atoms with Crippen LogP contribution in [0.4, 0.5) is 0 Å². The van der Waals surface area contributed by atoms with Gasteiger partial charge in [-0.3, -0.25) is 14.5 Å². The molecule has 154 valence electrons. The zero-order valence-corrected chi connectivity index (χ0v) is 17.4. The van der Waals surface area contributed by atoms with Crippen molar-refractivity contribution in [2.24, 2.45) is 5.92 Å². The molecule has 2 aliphatic rings. The van der Waals surface area contributed by atoms with Crippen molar-refractivity contribution in [3.05, 3.63) is 29.3 Å².